The van der Waals surface area contributed by atoms with E-state index >= 15 is 0 Å². The number of hydrogen-bond donors (Lipinski definition) is 1. The number of aliphatic hydroxyl groups is 1. The zero-order chi connectivity index (χ0) is 24.5. The van der Waals surface area contributed by atoms with Crippen molar-refractivity contribution < 1.29 is 23.4 Å². The highest BCUT2D eigenvalue weighted by Gasteiger charge is 2.36. The Morgan fingerprint density at radius 2 is 2.00 bits per heavy atom. The first-order chi connectivity index (χ1) is 16.0. The highest BCUT2D eigenvalue weighted by atomic mass is 19.3. The van der Waals surface area contributed by atoms with E-state index in [9.17, 15) is 18.7 Å². The van der Waals surface area contributed by atoms with Gasteiger partial charge in [-0.15, -0.1) is 0 Å². The largest absolute Gasteiger partial charge is 0.490 e. The van der Waals surface area contributed by atoms with Gasteiger partial charge >= 0.3 is 0 Å². The lowest BCUT2D eigenvalue weighted by atomic mass is 10.1. The molecule has 2 aliphatic rings. The van der Waals surface area contributed by atoms with Gasteiger partial charge in [-0.2, -0.15) is 0 Å². The Kier molecular flexibility index (Phi) is 6.71. The Bertz CT molecular complexity index is 1050. The monoisotopic (exact) mass is 475 g/mol. The van der Waals surface area contributed by atoms with E-state index in [0.29, 0.717) is 23.1 Å². The van der Waals surface area contributed by atoms with Crippen molar-refractivity contribution in [1.29, 1.82) is 0 Å². The number of amides is 1. The van der Waals surface area contributed by atoms with Gasteiger partial charge in [-0.25, -0.2) is 18.7 Å². The number of aryl methyl sites for hydroxylation is 1. The summed E-state index contributed by atoms with van der Waals surface area (Å²) in [7, 11) is 1.79. The molecule has 0 spiro atoms. The smallest absolute Gasteiger partial charge is 0.251 e. The number of likely N-dealkylation sites (N-methyl/N-ethyl adjacent to an activating group) is 1. The molecular formula is C24H31F2N5O3. The SMILES string of the molecule is CN(CC(=O)N1CCC(F)(F)CC1)c1nc(-c2cc(OCC(C)(C)O)ccn2)nc2c1CCC2. The molecule has 0 saturated carbocycles. The number of fused-ring (bicyclic) bond motifs is 1. The Labute approximate surface area is 198 Å². The van der Waals surface area contributed by atoms with Crippen LogP contribution in [0.5, 0.6) is 5.75 Å². The molecule has 1 aliphatic heterocycles. The molecular weight excluding hydrogens is 444 g/mol. The lowest BCUT2D eigenvalue weighted by molar-refractivity contribution is -0.135. The molecule has 0 bridgehead atoms. The Morgan fingerprint density at radius 3 is 2.71 bits per heavy atom. The first kappa shape index (κ1) is 24.3. The summed E-state index contributed by atoms with van der Waals surface area (Å²) < 4.78 is 32.6. The molecule has 0 atom stereocenters. The third-order valence-corrected chi connectivity index (χ3v) is 6.05. The van der Waals surface area contributed by atoms with E-state index in [0.717, 1.165) is 30.5 Å². The number of likely N-dealkylation sites (tertiary alicyclic amines) is 1. The van der Waals surface area contributed by atoms with E-state index in [2.05, 4.69) is 4.98 Å². The second kappa shape index (κ2) is 9.40. The number of ether oxygens (including phenoxy) is 1. The molecule has 10 heteroatoms. The summed E-state index contributed by atoms with van der Waals surface area (Å²) in [5, 5.41) is 9.92. The van der Waals surface area contributed by atoms with Crippen molar-refractivity contribution in [3.05, 3.63) is 29.6 Å². The number of halogens is 2. The fourth-order valence-corrected chi connectivity index (χ4v) is 4.19. The van der Waals surface area contributed by atoms with Crippen molar-refractivity contribution in [2.24, 2.45) is 0 Å². The molecule has 2 aromatic rings. The lowest BCUT2D eigenvalue weighted by Gasteiger charge is -2.33. The number of hydrogen-bond acceptors (Lipinski definition) is 7. The van der Waals surface area contributed by atoms with E-state index in [1.807, 2.05) is 0 Å². The third kappa shape index (κ3) is 5.78. The summed E-state index contributed by atoms with van der Waals surface area (Å²) in [5.41, 5.74) is 1.50. The molecule has 1 fully saturated rings. The molecule has 34 heavy (non-hydrogen) atoms. The standard InChI is InChI=1S/C24H31F2N5O3/c1-23(2,33)15-34-16-7-10-27-19(13-16)21-28-18-6-4-5-17(18)22(29-21)30(3)14-20(32)31-11-8-24(25,26)9-12-31/h7,10,13,33H,4-6,8-9,11-12,14-15H2,1-3H3. The number of carbonyl (C=O) groups excluding carboxylic acids is 1. The highest BCUT2D eigenvalue weighted by molar-refractivity contribution is 5.81. The molecule has 1 aliphatic carbocycles. The number of carbonyl (C=O) groups is 1. The van der Waals surface area contributed by atoms with Crippen LogP contribution in [0.2, 0.25) is 0 Å². The lowest BCUT2D eigenvalue weighted by Crippen LogP contribution is -2.46. The third-order valence-electron chi connectivity index (χ3n) is 6.05. The zero-order valence-electron chi connectivity index (χ0n) is 19.9. The summed E-state index contributed by atoms with van der Waals surface area (Å²) >= 11 is 0. The van der Waals surface area contributed by atoms with E-state index < -0.39 is 11.5 Å². The van der Waals surface area contributed by atoms with Crippen molar-refractivity contribution >= 4 is 11.7 Å². The van der Waals surface area contributed by atoms with Crippen molar-refractivity contribution in [3.8, 4) is 17.3 Å². The van der Waals surface area contributed by atoms with Crippen LogP contribution in [0, 0.1) is 0 Å². The minimum atomic E-state index is -2.69. The average molecular weight is 476 g/mol. The fraction of sp³-hybridized carbons (Fsp3) is 0.583. The number of anilines is 1. The average Bonchev–Trinajstić information content (AvgIpc) is 3.25. The molecule has 184 valence electrons. The molecule has 0 unspecified atom stereocenters. The van der Waals surface area contributed by atoms with E-state index in [1.165, 1.54) is 4.90 Å². The summed E-state index contributed by atoms with van der Waals surface area (Å²) in [4.78, 5) is 29.9. The maximum Gasteiger partial charge on any atom is 0.251 e. The van der Waals surface area contributed by atoms with Gasteiger partial charge in [0.15, 0.2) is 5.82 Å². The van der Waals surface area contributed by atoms with E-state index in [-0.39, 0.29) is 45.0 Å². The van der Waals surface area contributed by atoms with Crippen LogP contribution in [0.3, 0.4) is 0 Å². The van der Waals surface area contributed by atoms with Gasteiger partial charge in [0.1, 0.15) is 23.9 Å². The highest BCUT2D eigenvalue weighted by Crippen LogP contribution is 2.32. The van der Waals surface area contributed by atoms with Crippen LogP contribution >= 0.6 is 0 Å². The van der Waals surface area contributed by atoms with Crippen molar-refractivity contribution in [2.45, 2.75) is 57.5 Å². The first-order valence-electron chi connectivity index (χ1n) is 11.6. The molecule has 1 N–H and O–H groups in total. The van der Waals surface area contributed by atoms with Crippen LogP contribution in [0.25, 0.3) is 11.5 Å². The molecule has 8 nitrogen and oxygen atoms in total. The quantitative estimate of drug-likeness (QED) is 0.658. The number of nitrogens with zero attached hydrogens (tertiary/aromatic N) is 5. The second-order valence-electron chi connectivity index (χ2n) is 9.72. The summed E-state index contributed by atoms with van der Waals surface area (Å²) in [6.07, 6.45) is 3.59. The van der Waals surface area contributed by atoms with Crippen molar-refractivity contribution in [1.82, 2.24) is 19.9 Å². The minimum Gasteiger partial charge on any atom is -0.490 e. The van der Waals surface area contributed by atoms with Crippen molar-refractivity contribution in [3.63, 3.8) is 0 Å². The van der Waals surface area contributed by atoms with Crippen LogP contribution in [0.15, 0.2) is 18.3 Å². The van der Waals surface area contributed by atoms with Gasteiger partial charge in [0.25, 0.3) is 5.92 Å². The van der Waals surface area contributed by atoms with Crippen LogP contribution in [0.1, 0.15) is 44.4 Å². The number of pyridine rings is 1. The Balaban J connectivity index is 1.54. The maximum atomic E-state index is 13.5. The molecule has 0 aromatic carbocycles. The van der Waals surface area contributed by atoms with E-state index in [4.69, 9.17) is 14.7 Å². The molecule has 0 radical (unpaired) electrons. The van der Waals surface area contributed by atoms with Crippen LogP contribution < -0.4 is 9.64 Å². The Morgan fingerprint density at radius 1 is 1.26 bits per heavy atom. The topological polar surface area (TPSA) is 91.7 Å². The Hall–Kier alpha value is -2.88. The second-order valence-corrected chi connectivity index (χ2v) is 9.72. The molecule has 2 aromatic heterocycles. The van der Waals surface area contributed by atoms with Gasteiger partial charge in [0.05, 0.1) is 12.1 Å². The van der Waals surface area contributed by atoms with Gasteiger partial charge < -0.3 is 19.6 Å². The molecule has 1 amide bonds. The van der Waals surface area contributed by atoms with Gasteiger partial charge in [0, 0.05) is 56.5 Å². The molecule has 3 heterocycles. The summed E-state index contributed by atoms with van der Waals surface area (Å²) in [6.45, 7) is 3.63. The molecule has 1 saturated heterocycles. The maximum absolute atomic E-state index is 13.5. The van der Waals surface area contributed by atoms with Crippen LogP contribution in [0.4, 0.5) is 14.6 Å². The van der Waals surface area contributed by atoms with Gasteiger partial charge in [-0.3, -0.25) is 9.78 Å². The van der Waals surface area contributed by atoms with Gasteiger partial charge in [-0.05, 0) is 39.2 Å². The normalized spacial score (nSPS) is 17.4. The van der Waals surface area contributed by atoms with Crippen molar-refractivity contribution in [2.75, 3.05) is 38.2 Å². The minimum absolute atomic E-state index is 0.0522. The predicted octanol–water partition coefficient (Wildman–Crippen LogP) is 2.87. The van der Waals surface area contributed by atoms with Crippen LogP contribution in [-0.4, -0.2) is 75.7 Å². The number of aromatic nitrogens is 3. The van der Waals surface area contributed by atoms with Gasteiger partial charge in [-0.1, -0.05) is 0 Å². The fourth-order valence-electron chi connectivity index (χ4n) is 4.19. The predicted molar refractivity (Wildman–Crippen MR) is 123 cm³/mol. The number of piperidine rings is 1. The number of rotatable bonds is 7. The molecule has 4 rings (SSSR count). The number of alkyl halides is 2. The summed E-state index contributed by atoms with van der Waals surface area (Å²) in [5.74, 6) is -1.24. The van der Waals surface area contributed by atoms with Gasteiger partial charge in [0.2, 0.25) is 5.91 Å². The van der Waals surface area contributed by atoms with Crippen LogP contribution in [-0.2, 0) is 17.6 Å². The summed E-state index contributed by atoms with van der Waals surface area (Å²) in [6, 6.07) is 3.43. The van der Waals surface area contributed by atoms with E-state index in [1.54, 1.807) is 44.1 Å². The zero-order valence-corrected chi connectivity index (χ0v) is 19.9. The first-order valence-corrected chi connectivity index (χ1v) is 11.6.